The van der Waals surface area contributed by atoms with E-state index in [1.807, 2.05) is 32.9 Å². The van der Waals surface area contributed by atoms with Crippen LogP contribution in [0, 0.1) is 0 Å². The van der Waals surface area contributed by atoms with Crippen LogP contribution in [0.2, 0.25) is 18.1 Å². The Bertz CT molecular complexity index is 701. The highest BCUT2D eigenvalue weighted by Crippen LogP contribution is 2.41. The fourth-order valence-corrected chi connectivity index (χ4v) is 4.47. The summed E-state index contributed by atoms with van der Waals surface area (Å²) in [4.78, 5) is 25.6. The molecule has 0 saturated carbocycles. The van der Waals surface area contributed by atoms with Crippen molar-refractivity contribution in [2.75, 3.05) is 6.54 Å². The normalized spacial score (nSPS) is 20.9. The quantitative estimate of drug-likeness (QED) is 0.485. The first-order valence-electron chi connectivity index (χ1n) is 9.96. The number of aldehydes is 1. The Morgan fingerprint density at radius 1 is 1.11 bits per heavy atom. The van der Waals surface area contributed by atoms with Gasteiger partial charge >= 0.3 is 6.09 Å². The van der Waals surface area contributed by atoms with Gasteiger partial charge in [0.25, 0.3) is 0 Å². The van der Waals surface area contributed by atoms with E-state index >= 15 is 0 Å². The highest BCUT2D eigenvalue weighted by Gasteiger charge is 2.44. The summed E-state index contributed by atoms with van der Waals surface area (Å²) in [6.07, 6.45) is 1.21. The van der Waals surface area contributed by atoms with Crippen LogP contribution >= 0.6 is 0 Å². The summed E-state index contributed by atoms with van der Waals surface area (Å²) in [7, 11) is -1.95. The molecule has 0 unspecified atom stereocenters. The molecule has 1 amide bonds. The van der Waals surface area contributed by atoms with Crippen molar-refractivity contribution in [2.24, 2.45) is 0 Å². The van der Waals surface area contributed by atoms with Crippen LogP contribution in [-0.2, 0) is 9.16 Å². The van der Waals surface area contributed by atoms with Gasteiger partial charge in [-0.25, -0.2) is 4.79 Å². The van der Waals surface area contributed by atoms with Gasteiger partial charge in [-0.15, -0.1) is 0 Å². The maximum atomic E-state index is 12.9. The molecule has 0 N–H and O–H groups in total. The van der Waals surface area contributed by atoms with Crippen molar-refractivity contribution in [1.29, 1.82) is 0 Å². The summed E-state index contributed by atoms with van der Waals surface area (Å²) >= 11 is 0. The van der Waals surface area contributed by atoms with Crippen molar-refractivity contribution in [1.82, 2.24) is 4.90 Å². The Balaban J connectivity index is 2.27. The first-order valence-corrected chi connectivity index (χ1v) is 12.9. The highest BCUT2D eigenvalue weighted by atomic mass is 28.4. The predicted octanol–water partition coefficient (Wildman–Crippen LogP) is 5.57. The van der Waals surface area contributed by atoms with E-state index in [4.69, 9.17) is 9.16 Å². The Hall–Kier alpha value is -1.66. The van der Waals surface area contributed by atoms with Crippen LogP contribution < -0.4 is 0 Å². The fraction of sp³-hybridized carbons (Fsp3) is 0.636. The summed E-state index contributed by atoms with van der Waals surface area (Å²) in [5.41, 5.74) is 1.07. The summed E-state index contributed by atoms with van der Waals surface area (Å²) < 4.78 is 12.3. The van der Waals surface area contributed by atoms with Crippen LogP contribution in [0.3, 0.4) is 0 Å². The monoisotopic (exact) mass is 405 g/mol. The number of nitrogens with zero attached hydrogens (tertiary/aromatic N) is 1. The van der Waals surface area contributed by atoms with Crippen molar-refractivity contribution in [3.05, 3.63) is 35.4 Å². The van der Waals surface area contributed by atoms with Crippen molar-refractivity contribution >= 4 is 20.7 Å². The topological polar surface area (TPSA) is 55.8 Å². The number of likely N-dealkylation sites (tertiary alicyclic amines) is 1. The summed E-state index contributed by atoms with van der Waals surface area (Å²) in [5, 5.41) is 0.105. The van der Waals surface area contributed by atoms with Crippen LogP contribution in [-0.4, -0.2) is 43.8 Å². The fourth-order valence-electron chi connectivity index (χ4n) is 3.11. The zero-order valence-corrected chi connectivity index (χ0v) is 19.5. The van der Waals surface area contributed by atoms with E-state index in [0.29, 0.717) is 12.1 Å². The van der Waals surface area contributed by atoms with Crippen molar-refractivity contribution in [3.63, 3.8) is 0 Å². The smallest absolute Gasteiger partial charge is 0.410 e. The van der Waals surface area contributed by atoms with Crippen molar-refractivity contribution < 1.29 is 18.8 Å². The molecule has 1 saturated heterocycles. The van der Waals surface area contributed by atoms with Gasteiger partial charge in [0.1, 0.15) is 11.9 Å². The largest absolute Gasteiger partial charge is 0.444 e. The Labute approximate surface area is 170 Å². The minimum absolute atomic E-state index is 0.0239. The van der Waals surface area contributed by atoms with Crippen LogP contribution in [0.4, 0.5) is 4.79 Å². The lowest BCUT2D eigenvalue weighted by atomic mass is 10.0. The summed E-state index contributed by atoms with van der Waals surface area (Å²) in [6.45, 7) is 17.3. The summed E-state index contributed by atoms with van der Waals surface area (Å²) in [6, 6.07) is 7.29. The molecule has 1 aliphatic rings. The van der Waals surface area contributed by atoms with Gasteiger partial charge in [0.2, 0.25) is 0 Å². The van der Waals surface area contributed by atoms with Gasteiger partial charge in [-0.1, -0.05) is 45.0 Å². The lowest BCUT2D eigenvalue weighted by molar-refractivity contribution is 0.0208. The minimum atomic E-state index is -1.95. The molecule has 1 aliphatic heterocycles. The molecule has 1 aromatic rings. The number of carbonyl (C=O) groups is 2. The lowest BCUT2D eigenvalue weighted by Gasteiger charge is -2.38. The second kappa shape index (κ2) is 7.99. The number of carbonyl (C=O) groups excluding carboxylic acids is 2. The molecule has 0 bridgehead atoms. The second-order valence-corrected chi connectivity index (χ2v) is 14.9. The van der Waals surface area contributed by atoms with Gasteiger partial charge in [-0.05, 0) is 50.9 Å². The van der Waals surface area contributed by atoms with Crippen molar-refractivity contribution in [2.45, 2.75) is 83.8 Å². The SMILES string of the molecule is CC(C)(C)OC(=O)N1C[C@H](O[Si](C)(C)C(C)(C)C)C[C@@H]1c1ccc(C=O)cc1. The van der Waals surface area contributed by atoms with Gasteiger partial charge in [0.05, 0.1) is 12.1 Å². The Morgan fingerprint density at radius 2 is 1.68 bits per heavy atom. The highest BCUT2D eigenvalue weighted by molar-refractivity contribution is 6.74. The number of ether oxygens (including phenoxy) is 1. The van der Waals surface area contributed by atoms with E-state index in [1.165, 1.54) is 0 Å². The van der Waals surface area contributed by atoms with E-state index in [-0.39, 0.29) is 23.3 Å². The minimum Gasteiger partial charge on any atom is -0.444 e. The number of hydrogen-bond donors (Lipinski definition) is 0. The second-order valence-electron chi connectivity index (χ2n) is 10.2. The van der Waals surface area contributed by atoms with E-state index in [1.54, 1.807) is 17.0 Å². The first kappa shape index (κ1) is 22.6. The molecular weight excluding hydrogens is 370 g/mol. The first-order chi connectivity index (χ1) is 12.7. The predicted molar refractivity (Wildman–Crippen MR) is 114 cm³/mol. The van der Waals surface area contributed by atoms with Crippen LogP contribution in [0.5, 0.6) is 0 Å². The number of hydrogen-bond acceptors (Lipinski definition) is 4. The number of benzene rings is 1. The molecule has 0 aliphatic carbocycles. The Morgan fingerprint density at radius 3 is 2.14 bits per heavy atom. The molecule has 6 heteroatoms. The molecule has 2 atom stereocenters. The van der Waals surface area contributed by atoms with E-state index in [9.17, 15) is 9.59 Å². The molecule has 1 fully saturated rings. The molecule has 156 valence electrons. The average molecular weight is 406 g/mol. The van der Waals surface area contributed by atoms with Crippen LogP contribution in [0.1, 0.15) is 69.9 Å². The average Bonchev–Trinajstić information content (AvgIpc) is 2.95. The van der Waals surface area contributed by atoms with Gasteiger partial charge in [-0.3, -0.25) is 9.69 Å². The number of rotatable bonds is 4. The van der Waals surface area contributed by atoms with Crippen LogP contribution in [0.25, 0.3) is 0 Å². The van der Waals surface area contributed by atoms with E-state index in [2.05, 4.69) is 33.9 Å². The maximum Gasteiger partial charge on any atom is 0.410 e. The summed E-state index contributed by atoms with van der Waals surface area (Å²) in [5.74, 6) is 0. The molecule has 1 aromatic carbocycles. The van der Waals surface area contributed by atoms with E-state index < -0.39 is 13.9 Å². The molecule has 28 heavy (non-hydrogen) atoms. The van der Waals surface area contributed by atoms with E-state index in [0.717, 1.165) is 18.3 Å². The third-order valence-corrected chi connectivity index (χ3v) is 10.2. The third-order valence-electron chi connectivity index (χ3n) is 5.62. The van der Waals surface area contributed by atoms with Crippen molar-refractivity contribution in [3.8, 4) is 0 Å². The molecule has 0 spiro atoms. The maximum absolute atomic E-state index is 12.9. The third kappa shape index (κ3) is 5.45. The molecule has 0 radical (unpaired) electrons. The number of amides is 1. The van der Waals surface area contributed by atoms with Crippen LogP contribution in [0.15, 0.2) is 24.3 Å². The zero-order valence-electron chi connectivity index (χ0n) is 18.5. The molecule has 0 aromatic heterocycles. The molecule has 1 heterocycles. The zero-order chi connectivity index (χ0) is 21.3. The van der Waals surface area contributed by atoms with Gasteiger partial charge in [0, 0.05) is 12.1 Å². The Kier molecular flexibility index (Phi) is 6.46. The van der Waals surface area contributed by atoms with Gasteiger partial charge < -0.3 is 9.16 Å². The van der Waals surface area contributed by atoms with Gasteiger partial charge in [0.15, 0.2) is 8.32 Å². The van der Waals surface area contributed by atoms with Gasteiger partial charge in [-0.2, -0.15) is 0 Å². The molecule has 2 rings (SSSR count). The lowest BCUT2D eigenvalue weighted by Crippen LogP contribution is -2.45. The standard InChI is InChI=1S/C22H35NO4Si/c1-21(2,3)26-20(25)23-14-18(27-28(7,8)22(4,5)6)13-19(23)17-11-9-16(15-24)10-12-17/h9-12,15,18-19H,13-14H2,1-8H3/t18-,19-/m1/s1. The molecule has 5 nitrogen and oxygen atoms in total. The molecular formula is C22H35NO4Si.